The molecular formula is C16H26N2O. The zero-order valence-electron chi connectivity index (χ0n) is 12.2. The first-order valence-corrected chi connectivity index (χ1v) is 7.52. The molecule has 1 saturated carbocycles. The van der Waals surface area contributed by atoms with Crippen molar-refractivity contribution < 1.29 is 4.74 Å². The molecule has 2 rings (SSSR count). The number of nitrogens with one attached hydrogen (secondary N) is 1. The van der Waals surface area contributed by atoms with Gasteiger partial charge in [-0.3, -0.25) is 0 Å². The fourth-order valence-corrected chi connectivity index (χ4v) is 3.00. The number of ether oxygens (including phenoxy) is 1. The van der Waals surface area contributed by atoms with E-state index < -0.39 is 0 Å². The van der Waals surface area contributed by atoms with Crippen molar-refractivity contribution >= 4 is 0 Å². The van der Waals surface area contributed by atoms with Gasteiger partial charge in [0.15, 0.2) is 0 Å². The number of rotatable bonds is 6. The fourth-order valence-electron chi connectivity index (χ4n) is 3.00. The van der Waals surface area contributed by atoms with Crippen LogP contribution in [-0.4, -0.2) is 18.6 Å². The predicted molar refractivity (Wildman–Crippen MR) is 78.2 cm³/mol. The second-order valence-electron chi connectivity index (χ2n) is 5.60. The van der Waals surface area contributed by atoms with Crippen LogP contribution in [0.1, 0.15) is 44.6 Å². The third-order valence-electron chi connectivity index (χ3n) is 4.34. The second-order valence-corrected chi connectivity index (χ2v) is 5.60. The molecule has 1 fully saturated rings. The molecule has 0 aliphatic heterocycles. The van der Waals surface area contributed by atoms with E-state index in [4.69, 9.17) is 4.74 Å². The maximum atomic E-state index is 5.27. The lowest BCUT2D eigenvalue weighted by Gasteiger charge is -2.28. The molecule has 19 heavy (non-hydrogen) atoms. The SMILES string of the molecule is CCC1CCC(CNCc2cccnc2OC)CC1. The van der Waals surface area contributed by atoms with E-state index in [-0.39, 0.29) is 0 Å². The van der Waals surface area contributed by atoms with Crippen molar-refractivity contribution in [3.8, 4) is 5.88 Å². The van der Waals surface area contributed by atoms with Gasteiger partial charge < -0.3 is 10.1 Å². The first-order chi connectivity index (χ1) is 9.33. The van der Waals surface area contributed by atoms with Crippen molar-refractivity contribution in [3.05, 3.63) is 23.9 Å². The Morgan fingerprint density at radius 3 is 2.68 bits per heavy atom. The van der Waals surface area contributed by atoms with Crippen LogP contribution in [0.2, 0.25) is 0 Å². The first kappa shape index (κ1) is 14.3. The normalized spacial score (nSPS) is 23.3. The summed E-state index contributed by atoms with van der Waals surface area (Å²) in [5.41, 5.74) is 1.15. The third kappa shape index (κ3) is 4.20. The number of hydrogen-bond donors (Lipinski definition) is 1. The highest BCUT2D eigenvalue weighted by molar-refractivity contribution is 5.24. The Balaban J connectivity index is 1.72. The number of hydrogen-bond acceptors (Lipinski definition) is 3. The summed E-state index contributed by atoms with van der Waals surface area (Å²) in [6.07, 6.45) is 8.73. The lowest BCUT2D eigenvalue weighted by atomic mass is 9.81. The minimum atomic E-state index is 0.740. The minimum Gasteiger partial charge on any atom is -0.481 e. The zero-order chi connectivity index (χ0) is 13.5. The lowest BCUT2D eigenvalue weighted by Crippen LogP contribution is -2.26. The van der Waals surface area contributed by atoms with Gasteiger partial charge in [-0.05, 0) is 37.3 Å². The van der Waals surface area contributed by atoms with Gasteiger partial charge in [0.05, 0.1) is 7.11 Å². The van der Waals surface area contributed by atoms with Crippen LogP contribution in [-0.2, 0) is 6.54 Å². The zero-order valence-corrected chi connectivity index (χ0v) is 12.2. The van der Waals surface area contributed by atoms with Crippen LogP contribution < -0.4 is 10.1 Å². The summed E-state index contributed by atoms with van der Waals surface area (Å²) < 4.78 is 5.27. The lowest BCUT2D eigenvalue weighted by molar-refractivity contribution is 0.262. The van der Waals surface area contributed by atoms with E-state index in [1.165, 1.54) is 32.1 Å². The Morgan fingerprint density at radius 2 is 2.00 bits per heavy atom. The molecule has 0 unspecified atom stereocenters. The van der Waals surface area contributed by atoms with E-state index in [1.54, 1.807) is 13.3 Å². The summed E-state index contributed by atoms with van der Waals surface area (Å²) in [4.78, 5) is 4.22. The standard InChI is InChI=1S/C16H26N2O/c1-3-13-6-8-14(9-7-13)11-17-12-15-5-4-10-18-16(15)19-2/h4-5,10,13-14,17H,3,6-9,11-12H2,1-2H3. The van der Waals surface area contributed by atoms with Crippen molar-refractivity contribution in [1.29, 1.82) is 0 Å². The molecule has 1 heterocycles. The Hall–Kier alpha value is -1.09. The molecule has 0 saturated heterocycles. The first-order valence-electron chi connectivity index (χ1n) is 7.52. The molecule has 0 atom stereocenters. The summed E-state index contributed by atoms with van der Waals surface area (Å²) in [5.74, 6) is 2.57. The maximum Gasteiger partial charge on any atom is 0.217 e. The van der Waals surface area contributed by atoms with Gasteiger partial charge in [-0.25, -0.2) is 4.98 Å². The van der Waals surface area contributed by atoms with Gasteiger partial charge in [0, 0.05) is 18.3 Å². The topological polar surface area (TPSA) is 34.2 Å². The molecule has 1 N–H and O–H groups in total. The highest BCUT2D eigenvalue weighted by atomic mass is 16.5. The summed E-state index contributed by atoms with van der Waals surface area (Å²) in [6.45, 7) is 4.29. The van der Waals surface area contributed by atoms with Crippen molar-refractivity contribution in [2.45, 2.75) is 45.6 Å². The Kier molecular flexibility index (Phi) is 5.64. The number of methoxy groups -OCH3 is 1. The molecule has 0 bridgehead atoms. The molecule has 1 aliphatic carbocycles. The number of aromatic nitrogens is 1. The highest BCUT2D eigenvalue weighted by Gasteiger charge is 2.19. The summed E-state index contributed by atoms with van der Waals surface area (Å²) in [5, 5.41) is 3.56. The van der Waals surface area contributed by atoms with Gasteiger partial charge in [-0.15, -0.1) is 0 Å². The van der Waals surface area contributed by atoms with Crippen LogP contribution in [0, 0.1) is 11.8 Å². The molecule has 0 spiro atoms. The van der Waals surface area contributed by atoms with Gasteiger partial charge >= 0.3 is 0 Å². The van der Waals surface area contributed by atoms with Crippen molar-refractivity contribution in [3.63, 3.8) is 0 Å². The molecule has 1 aliphatic rings. The second kappa shape index (κ2) is 7.49. The van der Waals surface area contributed by atoms with E-state index in [1.807, 2.05) is 6.07 Å². The quantitative estimate of drug-likeness (QED) is 0.853. The predicted octanol–water partition coefficient (Wildman–Crippen LogP) is 3.40. The van der Waals surface area contributed by atoms with Crippen molar-refractivity contribution in [2.24, 2.45) is 11.8 Å². The Morgan fingerprint density at radius 1 is 1.26 bits per heavy atom. The van der Waals surface area contributed by atoms with E-state index >= 15 is 0 Å². The Labute approximate surface area is 116 Å². The highest BCUT2D eigenvalue weighted by Crippen LogP contribution is 2.30. The summed E-state index contributed by atoms with van der Waals surface area (Å²) >= 11 is 0. The van der Waals surface area contributed by atoms with Crippen LogP contribution in [0.5, 0.6) is 5.88 Å². The molecule has 3 nitrogen and oxygen atoms in total. The van der Waals surface area contributed by atoms with Gasteiger partial charge in [-0.1, -0.05) is 32.3 Å². The fraction of sp³-hybridized carbons (Fsp3) is 0.688. The maximum absolute atomic E-state index is 5.27. The smallest absolute Gasteiger partial charge is 0.217 e. The number of pyridine rings is 1. The van der Waals surface area contributed by atoms with Gasteiger partial charge in [-0.2, -0.15) is 0 Å². The van der Waals surface area contributed by atoms with E-state index in [9.17, 15) is 0 Å². The van der Waals surface area contributed by atoms with Crippen LogP contribution in [0.4, 0.5) is 0 Å². The number of nitrogens with zero attached hydrogens (tertiary/aromatic N) is 1. The third-order valence-corrected chi connectivity index (χ3v) is 4.34. The molecule has 106 valence electrons. The minimum absolute atomic E-state index is 0.740. The average Bonchev–Trinajstić information content (AvgIpc) is 2.48. The van der Waals surface area contributed by atoms with E-state index in [2.05, 4.69) is 23.3 Å². The molecule has 1 aromatic rings. The van der Waals surface area contributed by atoms with Gasteiger partial charge in [0.2, 0.25) is 5.88 Å². The molecule has 0 aromatic carbocycles. The van der Waals surface area contributed by atoms with Crippen LogP contribution in [0.15, 0.2) is 18.3 Å². The van der Waals surface area contributed by atoms with Crippen molar-refractivity contribution in [1.82, 2.24) is 10.3 Å². The largest absolute Gasteiger partial charge is 0.481 e. The summed E-state index contributed by atoms with van der Waals surface area (Å²) in [6, 6.07) is 4.04. The van der Waals surface area contributed by atoms with Crippen LogP contribution in [0.3, 0.4) is 0 Å². The average molecular weight is 262 g/mol. The monoisotopic (exact) mass is 262 g/mol. The molecule has 0 radical (unpaired) electrons. The molecule has 3 heteroatoms. The molecule has 1 aromatic heterocycles. The van der Waals surface area contributed by atoms with Gasteiger partial charge in [0.1, 0.15) is 0 Å². The Bertz CT molecular complexity index is 373. The van der Waals surface area contributed by atoms with Gasteiger partial charge in [0.25, 0.3) is 0 Å². The van der Waals surface area contributed by atoms with Crippen LogP contribution in [0.25, 0.3) is 0 Å². The molecular weight excluding hydrogens is 236 g/mol. The van der Waals surface area contributed by atoms with E-state index in [0.29, 0.717) is 0 Å². The summed E-state index contributed by atoms with van der Waals surface area (Å²) in [7, 11) is 1.68. The van der Waals surface area contributed by atoms with Crippen LogP contribution >= 0.6 is 0 Å². The van der Waals surface area contributed by atoms with E-state index in [0.717, 1.165) is 36.4 Å². The molecule has 0 amide bonds. The van der Waals surface area contributed by atoms with Crippen molar-refractivity contribution in [2.75, 3.05) is 13.7 Å².